The number of nitrogens with zero attached hydrogens (tertiary/aromatic N) is 2. The Balaban J connectivity index is 1.50. The van der Waals surface area contributed by atoms with Crippen LogP contribution in [0.15, 0.2) is 54.6 Å². The maximum absolute atomic E-state index is 12.5. The van der Waals surface area contributed by atoms with E-state index < -0.39 is 6.61 Å². The quantitative estimate of drug-likeness (QED) is 0.863. The van der Waals surface area contributed by atoms with Crippen molar-refractivity contribution in [2.45, 2.75) is 19.6 Å². The van der Waals surface area contributed by atoms with Gasteiger partial charge in [0.25, 0.3) is 0 Å². The van der Waals surface area contributed by atoms with E-state index in [0.717, 1.165) is 24.3 Å². The minimum Gasteiger partial charge on any atom is -0.435 e. The molecule has 1 unspecified atom stereocenters. The van der Waals surface area contributed by atoms with E-state index in [2.05, 4.69) is 27.1 Å². The molecule has 27 heavy (non-hydrogen) atoms. The molecule has 1 heterocycles. The Morgan fingerprint density at radius 2 is 1.63 bits per heavy atom. The Morgan fingerprint density at radius 1 is 1.00 bits per heavy atom. The van der Waals surface area contributed by atoms with Crippen LogP contribution in [-0.4, -0.2) is 43.7 Å². The number of carbonyl (C=O) groups is 1. The second kappa shape index (κ2) is 8.70. The van der Waals surface area contributed by atoms with E-state index in [0.29, 0.717) is 13.1 Å². The fourth-order valence-corrected chi connectivity index (χ4v) is 3.10. The fraction of sp³-hybridized carbons (Fsp3) is 0.350. The highest BCUT2D eigenvalue weighted by Crippen LogP contribution is 2.20. The highest BCUT2D eigenvalue weighted by Gasteiger charge is 2.22. The van der Waals surface area contributed by atoms with E-state index >= 15 is 0 Å². The van der Waals surface area contributed by atoms with Gasteiger partial charge in [0.1, 0.15) is 5.75 Å². The summed E-state index contributed by atoms with van der Waals surface area (Å²) in [5.41, 5.74) is 1.99. The Bertz CT molecular complexity index is 733. The number of hydrogen-bond donors (Lipinski definition) is 1. The topological polar surface area (TPSA) is 44.8 Å². The van der Waals surface area contributed by atoms with Gasteiger partial charge in [-0.3, -0.25) is 0 Å². The zero-order chi connectivity index (χ0) is 19.2. The molecule has 3 rings (SSSR count). The summed E-state index contributed by atoms with van der Waals surface area (Å²) in [4.78, 5) is 16.6. The van der Waals surface area contributed by atoms with Crippen molar-refractivity contribution in [2.75, 3.05) is 31.1 Å². The largest absolute Gasteiger partial charge is 0.435 e. The Kier molecular flexibility index (Phi) is 6.11. The number of alkyl halides is 2. The first kappa shape index (κ1) is 18.9. The van der Waals surface area contributed by atoms with Gasteiger partial charge in [-0.15, -0.1) is 0 Å². The molecule has 1 atom stereocenters. The van der Waals surface area contributed by atoms with E-state index in [1.165, 1.54) is 12.1 Å². The van der Waals surface area contributed by atoms with E-state index in [4.69, 9.17) is 0 Å². The molecule has 1 N–H and O–H groups in total. The maximum atomic E-state index is 12.5. The molecule has 2 aromatic carbocycles. The molecule has 1 saturated heterocycles. The second-order valence-corrected chi connectivity index (χ2v) is 6.43. The van der Waals surface area contributed by atoms with Crippen molar-refractivity contribution >= 4 is 11.7 Å². The zero-order valence-electron chi connectivity index (χ0n) is 15.1. The Labute approximate surface area is 157 Å². The molecular formula is C20H23F2N3O2. The summed E-state index contributed by atoms with van der Waals surface area (Å²) in [5, 5.41) is 2.96. The van der Waals surface area contributed by atoms with Crippen molar-refractivity contribution < 1.29 is 18.3 Å². The Morgan fingerprint density at radius 3 is 2.22 bits per heavy atom. The normalized spacial score (nSPS) is 15.6. The number of amides is 2. The lowest BCUT2D eigenvalue weighted by molar-refractivity contribution is -0.0498. The predicted molar refractivity (Wildman–Crippen MR) is 100 cm³/mol. The van der Waals surface area contributed by atoms with Crippen LogP contribution in [-0.2, 0) is 0 Å². The van der Waals surface area contributed by atoms with Crippen molar-refractivity contribution in [1.29, 1.82) is 0 Å². The molecule has 0 bridgehead atoms. The molecule has 0 spiro atoms. The molecule has 5 nitrogen and oxygen atoms in total. The van der Waals surface area contributed by atoms with E-state index in [-0.39, 0.29) is 17.8 Å². The fourth-order valence-electron chi connectivity index (χ4n) is 3.10. The zero-order valence-corrected chi connectivity index (χ0v) is 15.1. The molecule has 144 valence electrons. The van der Waals surface area contributed by atoms with Gasteiger partial charge in [-0.1, -0.05) is 30.3 Å². The lowest BCUT2D eigenvalue weighted by Crippen LogP contribution is -2.52. The molecule has 0 aromatic heterocycles. The number of rotatable bonds is 5. The number of urea groups is 1. The molecule has 2 aromatic rings. The van der Waals surface area contributed by atoms with Gasteiger partial charge in [0.05, 0.1) is 6.04 Å². The summed E-state index contributed by atoms with van der Waals surface area (Å²) in [6.45, 7) is 1.88. The SMILES string of the molecule is CC(NC(=O)N1CCN(c2ccccc2)CC1)c1ccc(OC(F)F)cc1. The molecule has 7 heteroatoms. The summed E-state index contributed by atoms with van der Waals surface area (Å²) < 4.78 is 28.7. The minimum absolute atomic E-state index is 0.101. The van der Waals surface area contributed by atoms with Crippen LogP contribution >= 0.6 is 0 Å². The number of carbonyl (C=O) groups excluding carboxylic acids is 1. The van der Waals surface area contributed by atoms with Crippen LogP contribution in [0.2, 0.25) is 0 Å². The molecule has 1 aliphatic heterocycles. The van der Waals surface area contributed by atoms with Crippen LogP contribution in [0, 0.1) is 0 Å². The third kappa shape index (κ3) is 5.09. The molecular weight excluding hydrogens is 352 g/mol. The predicted octanol–water partition coefficient (Wildman–Crippen LogP) is 3.88. The van der Waals surface area contributed by atoms with Crippen molar-refractivity contribution in [3.63, 3.8) is 0 Å². The Hall–Kier alpha value is -2.83. The van der Waals surface area contributed by atoms with Crippen LogP contribution < -0.4 is 15.0 Å². The van der Waals surface area contributed by atoms with Gasteiger partial charge in [-0.2, -0.15) is 8.78 Å². The van der Waals surface area contributed by atoms with Crippen LogP contribution in [0.1, 0.15) is 18.5 Å². The highest BCUT2D eigenvalue weighted by atomic mass is 19.3. The second-order valence-electron chi connectivity index (χ2n) is 6.43. The third-order valence-corrected chi connectivity index (χ3v) is 4.63. The van der Waals surface area contributed by atoms with Crippen LogP contribution in [0.3, 0.4) is 0 Å². The number of anilines is 1. The maximum Gasteiger partial charge on any atom is 0.387 e. The first-order valence-corrected chi connectivity index (χ1v) is 8.93. The van der Waals surface area contributed by atoms with Gasteiger partial charge in [0.15, 0.2) is 0 Å². The van der Waals surface area contributed by atoms with Crippen molar-refractivity contribution in [1.82, 2.24) is 10.2 Å². The monoisotopic (exact) mass is 375 g/mol. The van der Waals surface area contributed by atoms with Gasteiger partial charge in [-0.05, 0) is 36.8 Å². The number of hydrogen-bond acceptors (Lipinski definition) is 3. The molecule has 0 saturated carbocycles. The molecule has 0 radical (unpaired) electrons. The summed E-state index contributed by atoms with van der Waals surface area (Å²) in [6, 6.07) is 16.1. The highest BCUT2D eigenvalue weighted by molar-refractivity contribution is 5.75. The van der Waals surface area contributed by atoms with Crippen LogP contribution in [0.25, 0.3) is 0 Å². The van der Waals surface area contributed by atoms with Gasteiger partial charge in [0, 0.05) is 31.9 Å². The average molecular weight is 375 g/mol. The lowest BCUT2D eigenvalue weighted by Gasteiger charge is -2.36. The lowest BCUT2D eigenvalue weighted by atomic mass is 10.1. The summed E-state index contributed by atoms with van der Waals surface area (Å²) in [5.74, 6) is 0.101. The smallest absolute Gasteiger partial charge is 0.387 e. The summed E-state index contributed by atoms with van der Waals surface area (Å²) in [6.07, 6.45) is 0. The van der Waals surface area contributed by atoms with E-state index in [1.54, 1.807) is 17.0 Å². The van der Waals surface area contributed by atoms with Gasteiger partial charge in [0.2, 0.25) is 0 Å². The number of piperazine rings is 1. The first-order valence-electron chi connectivity index (χ1n) is 8.93. The van der Waals surface area contributed by atoms with E-state index in [9.17, 15) is 13.6 Å². The number of benzene rings is 2. The molecule has 1 fully saturated rings. The van der Waals surface area contributed by atoms with Crippen molar-refractivity contribution in [3.8, 4) is 5.75 Å². The summed E-state index contributed by atoms with van der Waals surface area (Å²) in [7, 11) is 0. The number of para-hydroxylation sites is 1. The van der Waals surface area contributed by atoms with Crippen LogP contribution in [0.4, 0.5) is 19.3 Å². The van der Waals surface area contributed by atoms with Gasteiger partial charge >= 0.3 is 12.6 Å². The molecule has 2 amide bonds. The number of nitrogens with one attached hydrogen (secondary N) is 1. The van der Waals surface area contributed by atoms with E-state index in [1.807, 2.05) is 25.1 Å². The number of ether oxygens (including phenoxy) is 1. The summed E-state index contributed by atoms with van der Waals surface area (Å²) >= 11 is 0. The average Bonchev–Trinajstić information content (AvgIpc) is 2.69. The van der Waals surface area contributed by atoms with Crippen molar-refractivity contribution in [3.05, 3.63) is 60.2 Å². The first-order chi connectivity index (χ1) is 13.0. The molecule has 0 aliphatic carbocycles. The van der Waals surface area contributed by atoms with Gasteiger partial charge < -0.3 is 19.9 Å². The standard InChI is InChI=1S/C20H23F2N3O2/c1-15(16-7-9-18(10-8-16)27-19(21)22)23-20(26)25-13-11-24(12-14-25)17-5-3-2-4-6-17/h2-10,15,19H,11-14H2,1H3,(H,23,26). The third-order valence-electron chi connectivity index (χ3n) is 4.63. The number of halogens is 2. The minimum atomic E-state index is -2.84. The van der Waals surface area contributed by atoms with Crippen LogP contribution in [0.5, 0.6) is 5.75 Å². The van der Waals surface area contributed by atoms with Gasteiger partial charge in [-0.25, -0.2) is 4.79 Å². The van der Waals surface area contributed by atoms with Crippen molar-refractivity contribution in [2.24, 2.45) is 0 Å². The molecule has 1 aliphatic rings.